The van der Waals surface area contributed by atoms with E-state index < -0.39 is 5.82 Å². The highest BCUT2D eigenvalue weighted by molar-refractivity contribution is 6.30. The molecule has 3 N–H and O–H groups in total. The van der Waals surface area contributed by atoms with Crippen molar-refractivity contribution in [2.24, 2.45) is 0 Å². The number of hydrogen-bond acceptors (Lipinski definition) is 4. The number of nitrogen functional groups attached to an aromatic ring is 1. The molecule has 0 saturated carbocycles. The third-order valence-corrected chi connectivity index (χ3v) is 2.65. The Labute approximate surface area is 113 Å². The van der Waals surface area contributed by atoms with Crippen LogP contribution in [0.15, 0.2) is 24.3 Å². The highest BCUT2D eigenvalue weighted by atomic mass is 35.5. The lowest BCUT2D eigenvalue weighted by Crippen LogP contribution is -2.04. The van der Waals surface area contributed by atoms with Gasteiger partial charge in [0.1, 0.15) is 16.8 Å². The molecule has 0 unspecified atom stereocenters. The van der Waals surface area contributed by atoms with Crippen LogP contribution in [0.25, 0.3) is 0 Å². The lowest BCUT2D eigenvalue weighted by Gasteiger charge is -2.07. The van der Waals surface area contributed by atoms with Gasteiger partial charge in [-0.15, -0.1) is 0 Å². The van der Waals surface area contributed by atoms with Crippen LogP contribution in [0.4, 0.5) is 16.2 Å². The van der Waals surface area contributed by atoms with E-state index in [0.29, 0.717) is 12.4 Å². The van der Waals surface area contributed by atoms with Crippen molar-refractivity contribution in [2.45, 2.75) is 6.54 Å². The standard InChI is InChI=1S/C11H9Cl2FN4/c12-7-3-6(1-2-8(7)14)5-16-10-4-9(13)17-11(15)18-10/h1-4H,5H2,(H3,15,16,17,18). The number of aromatic nitrogens is 2. The Morgan fingerprint density at radius 3 is 2.67 bits per heavy atom. The number of nitrogens with one attached hydrogen (secondary N) is 1. The fraction of sp³-hybridized carbons (Fsp3) is 0.0909. The summed E-state index contributed by atoms with van der Waals surface area (Å²) in [7, 11) is 0. The zero-order chi connectivity index (χ0) is 13.1. The molecule has 0 saturated heterocycles. The first-order valence-electron chi connectivity index (χ1n) is 5.02. The first-order chi connectivity index (χ1) is 8.54. The normalized spacial score (nSPS) is 10.4. The quantitative estimate of drug-likeness (QED) is 0.851. The number of halogens is 3. The Morgan fingerprint density at radius 2 is 2.00 bits per heavy atom. The molecule has 0 aliphatic rings. The molecule has 1 heterocycles. The van der Waals surface area contributed by atoms with E-state index in [9.17, 15) is 4.39 Å². The van der Waals surface area contributed by atoms with Crippen LogP contribution >= 0.6 is 23.2 Å². The third-order valence-electron chi connectivity index (χ3n) is 2.17. The molecule has 94 valence electrons. The van der Waals surface area contributed by atoms with E-state index in [1.807, 2.05) is 0 Å². The predicted octanol–water partition coefficient (Wildman–Crippen LogP) is 3.12. The van der Waals surface area contributed by atoms with E-state index in [0.717, 1.165) is 5.56 Å². The summed E-state index contributed by atoms with van der Waals surface area (Å²) >= 11 is 11.4. The van der Waals surface area contributed by atoms with Crippen LogP contribution in [-0.2, 0) is 6.54 Å². The van der Waals surface area contributed by atoms with E-state index in [-0.39, 0.29) is 16.1 Å². The van der Waals surface area contributed by atoms with Gasteiger partial charge < -0.3 is 11.1 Å². The van der Waals surface area contributed by atoms with Gasteiger partial charge in [-0.05, 0) is 17.7 Å². The van der Waals surface area contributed by atoms with Crippen molar-refractivity contribution in [3.63, 3.8) is 0 Å². The van der Waals surface area contributed by atoms with Gasteiger partial charge in [0.25, 0.3) is 0 Å². The summed E-state index contributed by atoms with van der Waals surface area (Å²) in [5, 5.41) is 3.32. The van der Waals surface area contributed by atoms with Crippen LogP contribution < -0.4 is 11.1 Å². The van der Waals surface area contributed by atoms with Gasteiger partial charge in [0, 0.05) is 12.6 Å². The number of benzene rings is 1. The molecule has 0 aliphatic heterocycles. The van der Waals surface area contributed by atoms with Crippen molar-refractivity contribution in [3.8, 4) is 0 Å². The lowest BCUT2D eigenvalue weighted by molar-refractivity contribution is 0.627. The maximum Gasteiger partial charge on any atom is 0.223 e. The molecule has 0 atom stereocenters. The summed E-state index contributed by atoms with van der Waals surface area (Å²) in [4.78, 5) is 7.69. The molecule has 2 rings (SSSR count). The fourth-order valence-electron chi connectivity index (χ4n) is 1.37. The molecule has 0 radical (unpaired) electrons. The van der Waals surface area contributed by atoms with Crippen LogP contribution in [-0.4, -0.2) is 9.97 Å². The van der Waals surface area contributed by atoms with E-state index in [4.69, 9.17) is 28.9 Å². The predicted molar refractivity (Wildman–Crippen MR) is 70.2 cm³/mol. The van der Waals surface area contributed by atoms with E-state index >= 15 is 0 Å². The molecule has 0 amide bonds. The number of hydrogen-bond donors (Lipinski definition) is 2. The van der Waals surface area contributed by atoms with E-state index in [2.05, 4.69) is 15.3 Å². The second-order valence-corrected chi connectivity index (χ2v) is 4.33. The first kappa shape index (κ1) is 12.9. The summed E-state index contributed by atoms with van der Waals surface area (Å²) in [6.07, 6.45) is 0. The highest BCUT2D eigenvalue weighted by Gasteiger charge is 2.03. The zero-order valence-electron chi connectivity index (χ0n) is 9.12. The molecule has 7 heteroatoms. The Balaban J connectivity index is 2.08. The molecule has 2 aromatic rings. The smallest absolute Gasteiger partial charge is 0.223 e. The average molecular weight is 287 g/mol. The molecule has 0 fully saturated rings. The first-order valence-corrected chi connectivity index (χ1v) is 5.78. The van der Waals surface area contributed by atoms with Gasteiger partial charge in [0.2, 0.25) is 5.95 Å². The summed E-state index contributed by atoms with van der Waals surface area (Å²) in [5.74, 6) is 0.129. The minimum atomic E-state index is -0.449. The van der Waals surface area contributed by atoms with Gasteiger partial charge in [-0.25, -0.2) is 9.37 Å². The Kier molecular flexibility index (Phi) is 3.84. The fourth-order valence-corrected chi connectivity index (χ4v) is 1.76. The SMILES string of the molecule is Nc1nc(Cl)cc(NCc2ccc(F)c(Cl)c2)n1. The van der Waals surface area contributed by atoms with Crippen molar-refractivity contribution in [1.29, 1.82) is 0 Å². The second-order valence-electron chi connectivity index (χ2n) is 3.54. The second kappa shape index (κ2) is 5.37. The zero-order valence-corrected chi connectivity index (χ0v) is 10.6. The molecule has 1 aromatic heterocycles. The number of anilines is 2. The molecule has 0 bridgehead atoms. The summed E-state index contributed by atoms with van der Waals surface area (Å²) in [5.41, 5.74) is 6.27. The largest absolute Gasteiger partial charge is 0.368 e. The maximum atomic E-state index is 13.0. The van der Waals surface area contributed by atoms with Gasteiger partial charge >= 0.3 is 0 Å². The van der Waals surface area contributed by atoms with Gasteiger partial charge in [0.05, 0.1) is 5.02 Å². The van der Waals surface area contributed by atoms with Crippen molar-refractivity contribution in [3.05, 3.63) is 45.8 Å². The van der Waals surface area contributed by atoms with Gasteiger partial charge in [-0.2, -0.15) is 4.98 Å². The molecule has 0 spiro atoms. The van der Waals surface area contributed by atoms with Gasteiger partial charge in [-0.3, -0.25) is 0 Å². The van der Waals surface area contributed by atoms with Gasteiger partial charge in [-0.1, -0.05) is 29.3 Å². The Hall–Kier alpha value is -1.59. The van der Waals surface area contributed by atoms with Crippen LogP contribution in [0.2, 0.25) is 10.2 Å². The van der Waals surface area contributed by atoms with Crippen molar-refractivity contribution < 1.29 is 4.39 Å². The summed E-state index contributed by atoms with van der Waals surface area (Å²) in [6.45, 7) is 0.423. The number of nitrogens with two attached hydrogens (primary N) is 1. The van der Waals surface area contributed by atoms with Crippen LogP contribution in [0, 0.1) is 5.82 Å². The summed E-state index contributed by atoms with van der Waals surface area (Å²) in [6, 6.07) is 6.01. The van der Waals surface area contributed by atoms with E-state index in [1.54, 1.807) is 12.1 Å². The Morgan fingerprint density at radius 1 is 1.22 bits per heavy atom. The molecule has 0 aliphatic carbocycles. The molecule has 1 aromatic carbocycles. The van der Waals surface area contributed by atoms with Crippen LogP contribution in [0.1, 0.15) is 5.56 Å². The molecule has 4 nitrogen and oxygen atoms in total. The minimum Gasteiger partial charge on any atom is -0.368 e. The van der Waals surface area contributed by atoms with Crippen molar-refractivity contribution >= 4 is 35.0 Å². The van der Waals surface area contributed by atoms with Crippen molar-refractivity contribution in [1.82, 2.24) is 9.97 Å². The van der Waals surface area contributed by atoms with E-state index in [1.165, 1.54) is 12.1 Å². The topological polar surface area (TPSA) is 63.8 Å². The Bertz CT molecular complexity index is 557. The minimum absolute atomic E-state index is 0.0783. The molecular weight excluding hydrogens is 278 g/mol. The average Bonchev–Trinajstić information content (AvgIpc) is 2.29. The summed E-state index contributed by atoms with van der Waals surface area (Å²) < 4.78 is 13.0. The van der Waals surface area contributed by atoms with Gasteiger partial charge in [0.15, 0.2) is 0 Å². The molecule has 18 heavy (non-hydrogen) atoms. The highest BCUT2D eigenvalue weighted by Crippen LogP contribution is 2.18. The number of nitrogens with zero attached hydrogens (tertiary/aromatic N) is 2. The monoisotopic (exact) mass is 286 g/mol. The maximum absolute atomic E-state index is 13.0. The third kappa shape index (κ3) is 3.21. The van der Waals surface area contributed by atoms with Crippen LogP contribution in [0.3, 0.4) is 0 Å². The lowest BCUT2D eigenvalue weighted by atomic mass is 10.2. The van der Waals surface area contributed by atoms with Crippen LogP contribution in [0.5, 0.6) is 0 Å². The molecular formula is C11H9Cl2FN4. The number of rotatable bonds is 3. The van der Waals surface area contributed by atoms with Crippen molar-refractivity contribution in [2.75, 3.05) is 11.1 Å².